The molecule has 0 aromatic carbocycles. The number of hydrogen-bond acceptors (Lipinski definition) is 3. The van der Waals surface area contributed by atoms with Crippen molar-refractivity contribution in [2.45, 2.75) is 18.8 Å². The Morgan fingerprint density at radius 1 is 1.78 bits per heavy atom. The first-order valence-corrected chi connectivity index (χ1v) is 3.59. The van der Waals surface area contributed by atoms with Gasteiger partial charge in [-0.1, -0.05) is 6.92 Å². The number of rotatable bonds is 3. The molecular formula is C5H10O3S. The fraction of sp³-hybridized carbons (Fsp3) is 0.800. The maximum absolute atomic E-state index is 10.1. The summed E-state index contributed by atoms with van der Waals surface area (Å²) in [4.78, 5) is 8.52. The SMILES string of the molecule is CCSC(C)(O)C(=O)O. The van der Waals surface area contributed by atoms with Crippen LogP contribution in [0.2, 0.25) is 0 Å². The summed E-state index contributed by atoms with van der Waals surface area (Å²) in [7, 11) is 0. The molecule has 0 rings (SSSR count). The third-order valence-electron chi connectivity index (χ3n) is 0.822. The van der Waals surface area contributed by atoms with Gasteiger partial charge >= 0.3 is 5.97 Å². The molecule has 0 bridgehead atoms. The summed E-state index contributed by atoms with van der Waals surface area (Å²) in [6.07, 6.45) is 0. The molecule has 0 saturated carbocycles. The van der Waals surface area contributed by atoms with Gasteiger partial charge in [0.1, 0.15) is 0 Å². The number of thioether (sulfide) groups is 1. The summed E-state index contributed by atoms with van der Waals surface area (Å²) in [5, 5.41) is 17.3. The van der Waals surface area contributed by atoms with Crippen molar-refractivity contribution in [3.05, 3.63) is 0 Å². The van der Waals surface area contributed by atoms with Crippen LogP contribution >= 0.6 is 11.8 Å². The van der Waals surface area contributed by atoms with Gasteiger partial charge < -0.3 is 10.2 Å². The van der Waals surface area contributed by atoms with E-state index in [1.165, 1.54) is 6.92 Å². The van der Waals surface area contributed by atoms with E-state index in [9.17, 15) is 4.79 Å². The zero-order valence-corrected chi connectivity index (χ0v) is 6.23. The Bertz CT molecular complexity index is 111. The van der Waals surface area contributed by atoms with E-state index in [0.717, 1.165) is 11.8 Å². The van der Waals surface area contributed by atoms with E-state index in [2.05, 4.69) is 0 Å². The van der Waals surface area contributed by atoms with Crippen LogP contribution in [-0.4, -0.2) is 26.9 Å². The second-order valence-electron chi connectivity index (χ2n) is 1.72. The summed E-state index contributed by atoms with van der Waals surface area (Å²) in [6, 6.07) is 0. The maximum Gasteiger partial charge on any atom is 0.346 e. The van der Waals surface area contributed by atoms with Crippen molar-refractivity contribution in [1.29, 1.82) is 0 Å². The number of aliphatic carboxylic acids is 1. The van der Waals surface area contributed by atoms with Crippen LogP contribution in [0.5, 0.6) is 0 Å². The van der Waals surface area contributed by atoms with E-state index < -0.39 is 10.9 Å². The third-order valence-corrected chi connectivity index (χ3v) is 1.85. The molecule has 0 aromatic rings. The molecule has 9 heavy (non-hydrogen) atoms. The third kappa shape index (κ3) is 2.72. The number of carboxylic acids is 1. The molecule has 4 heteroatoms. The van der Waals surface area contributed by atoms with Gasteiger partial charge in [-0.25, -0.2) is 4.79 Å². The van der Waals surface area contributed by atoms with Gasteiger partial charge in [0, 0.05) is 0 Å². The fourth-order valence-electron chi connectivity index (χ4n) is 0.343. The van der Waals surface area contributed by atoms with Gasteiger partial charge in [0.05, 0.1) is 0 Å². The van der Waals surface area contributed by atoms with Gasteiger partial charge in [-0.3, -0.25) is 0 Å². The van der Waals surface area contributed by atoms with Gasteiger partial charge in [0.2, 0.25) is 4.93 Å². The predicted octanol–water partition coefficient (Wildman–Crippen LogP) is 0.533. The zero-order chi connectivity index (χ0) is 7.49. The molecule has 0 radical (unpaired) electrons. The molecule has 0 spiro atoms. The summed E-state index contributed by atoms with van der Waals surface area (Å²) in [5.41, 5.74) is 0. The second-order valence-corrected chi connectivity index (χ2v) is 3.38. The van der Waals surface area contributed by atoms with E-state index in [1.54, 1.807) is 6.92 Å². The Balaban J connectivity index is 3.85. The minimum absolute atomic E-state index is 0.597. The Morgan fingerprint density at radius 2 is 2.22 bits per heavy atom. The van der Waals surface area contributed by atoms with Gasteiger partial charge in [0.25, 0.3) is 0 Å². The Hall–Kier alpha value is -0.220. The van der Waals surface area contributed by atoms with E-state index in [4.69, 9.17) is 10.2 Å². The molecule has 0 aliphatic rings. The van der Waals surface area contributed by atoms with Crippen LogP contribution in [0, 0.1) is 0 Å². The van der Waals surface area contributed by atoms with E-state index in [-0.39, 0.29) is 0 Å². The van der Waals surface area contributed by atoms with Gasteiger partial charge in [-0.2, -0.15) is 0 Å². The normalized spacial score (nSPS) is 16.8. The largest absolute Gasteiger partial charge is 0.478 e. The van der Waals surface area contributed by atoms with Crippen molar-refractivity contribution in [1.82, 2.24) is 0 Å². The smallest absolute Gasteiger partial charge is 0.346 e. The summed E-state index contributed by atoms with van der Waals surface area (Å²) < 4.78 is 0. The fourth-order valence-corrected chi connectivity index (χ4v) is 1.03. The van der Waals surface area contributed by atoms with Gasteiger partial charge in [-0.05, 0) is 12.7 Å². The number of carbonyl (C=O) groups is 1. The molecule has 1 unspecified atom stereocenters. The van der Waals surface area contributed by atoms with Crippen LogP contribution in [0.1, 0.15) is 13.8 Å². The summed E-state index contributed by atoms with van der Waals surface area (Å²) >= 11 is 0.998. The van der Waals surface area contributed by atoms with Crippen molar-refractivity contribution >= 4 is 17.7 Å². The molecule has 0 fully saturated rings. The molecular weight excluding hydrogens is 140 g/mol. The number of carboxylic acid groups (broad SMARTS) is 1. The molecule has 0 heterocycles. The summed E-state index contributed by atoms with van der Waals surface area (Å²) in [5.74, 6) is -0.589. The standard InChI is InChI=1S/C5H10O3S/c1-3-9-5(2,8)4(6)7/h8H,3H2,1-2H3,(H,6,7). The Kier molecular flexibility index (Phi) is 3.00. The van der Waals surface area contributed by atoms with Gasteiger partial charge in [0.15, 0.2) is 0 Å². The first-order chi connectivity index (χ1) is 4.00. The minimum Gasteiger partial charge on any atom is -0.478 e. The van der Waals surface area contributed by atoms with Gasteiger partial charge in [-0.15, -0.1) is 11.8 Å². The molecule has 54 valence electrons. The Labute approximate surface area is 58.1 Å². The zero-order valence-electron chi connectivity index (χ0n) is 5.42. The average molecular weight is 150 g/mol. The van der Waals surface area contributed by atoms with Crippen LogP contribution in [-0.2, 0) is 4.79 Å². The highest BCUT2D eigenvalue weighted by molar-refractivity contribution is 8.01. The predicted molar refractivity (Wildman–Crippen MR) is 36.4 cm³/mol. The summed E-state index contributed by atoms with van der Waals surface area (Å²) in [6.45, 7) is 3.06. The lowest BCUT2D eigenvalue weighted by Crippen LogP contribution is -2.30. The highest BCUT2D eigenvalue weighted by Gasteiger charge is 2.29. The lowest BCUT2D eigenvalue weighted by molar-refractivity contribution is -0.148. The first kappa shape index (κ1) is 8.78. The molecule has 0 saturated heterocycles. The van der Waals surface area contributed by atoms with Crippen LogP contribution in [0.4, 0.5) is 0 Å². The quantitative estimate of drug-likeness (QED) is 0.576. The van der Waals surface area contributed by atoms with Crippen molar-refractivity contribution in [3.63, 3.8) is 0 Å². The Morgan fingerprint density at radius 3 is 2.33 bits per heavy atom. The number of aliphatic hydroxyl groups is 1. The van der Waals surface area contributed by atoms with E-state index in [0.29, 0.717) is 5.75 Å². The van der Waals surface area contributed by atoms with E-state index >= 15 is 0 Å². The maximum atomic E-state index is 10.1. The highest BCUT2D eigenvalue weighted by atomic mass is 32.2. The number of hydrogen-bond donors (Lipinski definition) is 2. The average Bonchev–Trinajstić information content (AvgIpc) is 1.65. The van der Waals surface area contributed by atoms with Crippen LogP contribution in [0.15, 0.2) is 0 Å². The van der Waals surface area contributed by atoms with Crippen LogP contribution in [0.25, 0.3) is 0 Å². The second kappa shape index (κ2) is 3.08. The minimum atomic E-state index is -1.62. The molecule has 2 N–H and O–H groups in total. The molecule has 0 amide bonds. The molecule has 0 aliphatic carbocycles. The molecule has 0 aliphatic heterocycles. The molecule has 3 nitrogen and oxygen atoms in total. The first-order valence-electron chi connectivity index (χ1n) is 2.60. The lowest BCUT2D eigenvalue weighted by Gasteiger charge is -2.14. The monoisotopic (exact) mass is 150 g/mol. The van der Waals surface area contributed by atoms with Crippen molar-refractivity contribution in [2.75, 3.05) is 5.75 Å². The highest BCUT2D eigenvalue weighted by Crippen LogP contribution is 2.20. The topological polar surface area (TPSA) is 57.5 Å². The van der Waals surface area contributed by atoms with Crippen LogP contribution in [0.3, 0.4) is 0 Å². The van der Waals surface area contributed by atoms with Crippen LogP contribution < -0.4 is 0 Å². The van der Waals surface area contributed by atoms with Crippen molar-refractivity contribution < 1.29 is 15.0 Å². The van der Waals surface area contributed by atoms with E-state index in [1.807, 2.05) is 0 Å². The molecule has 0 aromatic heterocycles. The lowest BCUT2D eigenvalue weighted by atomic mass is 10.4. The molecule has 1 atom stereocenters. The van der Waals surface area contributed by atoms with Crippen molar-refractivity contribution in [3.8, 4) is 0 Å². The van der Waals surface area contributed by atoms with Crippen molar-refractivity contribution in [2.24, 2.45) is 0 Å².